The molecule has 0 heterocycles. The minimum Gasteiger partial charge on any atom is -0.504 e. The first kappa shape index (κ1) is 16.3. The van der Waals surface area contributed by atoms with Crippen LogP contribution in [0.2, 0.25) is 0 Å². The molecule has 1 aromatic carbocycles. The number of aromatic hydroxyl groups is 2. The van der Waals surface area contributed by atoms with Crippen LogP contribution in [0.4, 0.5) is 0 Å². The molecule has 0 aliphatic rings. The maximum Gasteiger partial charge on any atom is 0.237 e. The van der Waals surface area contributed by atoms with E-state index in [-0.39, 0.29) is 30.4 Å². The van der Waals surface area contributed by atoms with E-state index < -0.39 is 11.6 Å². The number of benzene rings is 1. The van der Waals surface area contributed by atoms with Crippen LogP contribution in [0.3, 0.4) is 0 Å². The van der Waals surface area contributed by atoms with Crippen LogP contribution in [0.25, 0.3) is 0 Å². The van der Waals surface area contributed by atoms with E-state index in [1.54, 1.807) is 13.0 Å². The molecule has 0 aliphatic carbocycles. The Morgan fingerprint density at radius 1 is 1.40 bits per heavy atom. The van der Waals surface area contributed by atoms with E-state index in [0.29, 0.717) is 12.0 Å². The van der Waals surface area contributed by atoms with E-state index in [0.717, 1.165) is 0 Å². The lowest BCUT2D eigenvalue weighted by molar-refractivity contribution is -0.123. The number of aliphatic hydroxyl groups is 1. The third kappa shape index (κ3) is 4.71. The highest BCUT2D eigenvalue weighted by Gasteiger charge is 2.21. The maximum absolute atomic E-state index is 11.8. The lowest BCUT2D eigenvalue weighted by atomic mass is 10.0. The van der Waals surface area contributed by atoms with Crippen molar-refractivity contribution in [1.82, 2.24) is 5.32 Å². The number of phenolic OH excluding ortho intramolecular Hbond substituents is 2. The minimum absolute atomic E-state index is 0.136. The van der Waals surface area contributed by atoms with Crippen LogP contribution in [0.5, 0.6) is 11.5 Å². The van der Waals surface area contributed by atoms with Crippen molar-refractivity contribution in [3.8, 4) is 11.5 Å². The van der Waals surface area contributed by atoms with E-state index in [4.69, 9.17) is 5.73 Å². The number of phenols is 2. The van der Waals surface area contributed by atoms with Crippen LogP contribution in [-0.2, 0) is 11.2 Å². The Hall–Kier alpha value is -1.79. The number of carbonyl (C=O) groups is 1. The first-order valence-corrected chi connectivity index (χ1v) is 6.51. The molecule has 0 saturated carbocycles. The van der Waals surface area contributed by atoms with Gasteiger partial charge in [-0.2, -0.15) is 0 Å². The molecule has 1 unspecified atom stereocenters. The van der Waals surface area contributed by atoms with Gasteiger partial charge in [-0.3, -0.25) is 4.79 Å². The van der Waals surface area contributed by atoms with E-state index >= 15 is 0 Å². The van der Waals surface area contributed by atoms with Gasteiger partial charge in [0, 0.05) is 6.54 Å². The molecule has 0 bridgehead atoms. The second-order valence-corrected chi connectivity index (χ2v) is 5.20. The van der Waals surface area contributed by atoms with E-state index in [1.165, 1.54) is 12.1 Å². The third-order valence-corrected chi connectivity index (χ3v) is 3.24. The molecule has 6 nitrogen and oxygen atoms in total. The molecule has 112 valence electrons. The monoisotopic (exact) mass is 282 g/mol. The summed E-state index contributed by atoms with van der Waals surface area (Å²) in [6.45, 7) is 3.60. The van der Waals surface area contributed by atoms with E-state index in [9.17, 15) is 20.1 Å². The first-order chi connectivity index (χ1) is 9.25. The van der Waals surface area contributed by atoms with Crippen molar-refractivity contribution in [3.05, 3.63) is 23.8 Å². The maximum atomic E-state index is 11.8. The second-order valence-electron chi connectivity index (χ2n) is 5.20. The molecule has 0 spiro atoms. The SMILES string of the molecule is CCC(C)(O)CNC(=O)[C@@H](N)Cc1ccc(O)c(O)c1. The van der Waals surface area contributed by atoms with Gasteiger partial charge in [0.05, 0.1) is 11.6 Å². The van der Waals surface area contributed by atoms with Gasteiger partial charge in [-0.25, -0.2) is 0 Å². The fourth-order valence-corrected chi connectivity index (χ4v) is 1.58. The minimum atomic E-state index is -0.952. The van der Waals surface area contributed by atoms with Gasteiger partial charge < -0.3 is 26.4 Å². The normalized spacial score (nSPS) is 15.4. The van der Waals surface area contributed by atoms with Gasteiger partial charge in [-0.1, -0.05) is 13.0 Å². The van der Waals surface area contributed by atoms with Crippen LogP contribution in [-0.4, -0.2) is 39.4 Å². The zero-order valence-electron chi connectivity index (χ0n) is 11.8. The highest BCUT2D eigenvalue weighted by Crippen LogP contribution is 2.25. The van der Waals surface area contributed by atoms with Gasteiger partial charge in [0.1, 0.15) is 0 Å². The van der Waals surface area contributed by atoms with E-state index in [1.807, 2.05) is 6.92 Å². The molecule has 1 amide bonds. The van der Waals surface area contributed by atoms with Crippen molar-refractivity contribution in [3.63, 3.8) is 0 Å². The fraction of sp³-hybridized carbons (Fsp3) is 0.500. The summed E-state index contributed by atoms with van der Waals surface area (Å²) in [6.07, 6.45) is 0.752. The summed E-state index contributed by atoms with van der Waals surface area (Å²) in [4.78, 5) is 11.8. The van der Waals surface area contributed by atoms with Crippen LogP contribution in [0, 0.1) is 0 Å². The van der Waals surface area contributed by atoms with Gasteiger partial charge in [0.25, 0.3) is 0 Å². The Kier molecular flexibility index (Phi) is 5.35. The molecule has 1 rings (SSSR count). The molecule has 6 heteroatoms. The van der Waals surface area contributed by atoms with Gasteiger partial charge >= 0.3 is 0 Å². The van der Waals surface area contributed by atoms with Crippen LogP contribution < -0.4 is 11.1 Å². The number of carbonyl (C=O) groups excluding carboxylic acids is 1. The lowest BCUT2D eigenvalue weighted by Crippen LogP contribution is -2.47. The molecule has 20 heavy (non-hydrogen) atoms. The molecule has 0 aliphatic heterocycles. The van der Waals surface area contributed by atoms with Gasteiger partial charge in [0.2, 0.25) is 5.91 Å². The molecule has 0 radical (unpaired) electrons. The van der Waals surface area contributed by atoms with Crippen molar-refractivity contribution < 1.29 is 20.1 Å². The highest BCUT2D eigenvalue weighted by molar-refractivity contribution is 5.81. The molecule has 0 aromatic heterocycles. The summed E-state index contributed by atoms with van der Waals surface area (Å²) in [6, 6.07) is 3.51. The summed E-state index contributed by atoms with van der Waals surface area (Å²) in [5.74, 6) is -0.832. The Balaban J connectivity index is 2.55. The Bertz CT molecular complexity index is 474. The van der Waals surface area contributed by atoms with Crippen molar-refractivity contribution in [2.24, 2.45) is 5.73 Å². The number of rotatable bonds is 6. The molecular weight excluding hydrogens is 260 g/mol. The van der Waals surface area contributed by atoms with Gasteiger partial charge in [0.15, 0.2) is 11.5 Å². The smallest absolute Gasteiger partial charge is 0.237 e. The highest BCUT2D eigenvalue weighted by atomic mass is 16.3. The average molecular weight is 282 g/mol. The second kappa shape index (κ2) is 6.58. The lowest BCUT2D eigenvalue weighted by Gasteiger charge is -2.22. The summed E-state index contributed by atoms with van der Waals surface area (Å²) < 4.78 is 0. The molecular formula is C14H22N2O4. The molecule has 0 saturated heterocycles. The largest absolute Gasteiger partial charge is 0.504 e. The number of nitrogens with two attached hydrogens (primary N) is 1. The Morgan fingerprint density at radius 2 is 2.05 bits per heavy atom. The number of hydrogen-bond acceptors (Lipinski definition) is 5. The quantitative estimate of drug-likeness (QED) is 0.479. The first-order valence-electron chi connectivity index (χ1n) is 6.51. The zero-order valence-corrected chi connectivity index (χ0v) is 11.8. The van der Waals surface area contributed by atoms with Crippen LogP contribution in [0.15, 0.2) is 18.2 Å². The predicted octanol–water partition coefficient (Wildman–Crippen LogP) is 0.245. The number of hydrogen-bond donors (Lipinski definition) is 5. The topological polar surface area (TPSA) is 116 Å². The summed E-state index contributed by atoms with van der Waals surface area (Å²) in [7, 11) is 0. The summed E-state index contributed by atoms with van der Waals surface area (Å²) in [5, 5.41) is 31.0. The van der Waals surface area contributed by atoms with E-state index in [2.05, 4.69) is 5.32 Å². The van der Waals surface area contributed by atoms with Gasteiger partial charge in [-0.15, -0.1) is 0 Å². The summed E-state index contributed by atoms with van der Waals surface area (Å²) in [5.41, 5.74) is 5.46. The zero-order chi connectivity index (χ0) is 15.3. The van der Waals surface area contributed by atoms with Crippen molar-refractivity contribution in [2.45, 2.75) is 38.3 Å². The number of amides is 1. The predicted molar refractivity (Wildman–Crippen MR) is 75.4 cm³/mol. The Labute approximate surface area is 118 Å². The van der Waals surface area contributed by atoms with Crippen molar-refractivity contribution in [2.75, 3.05) is 6.54 Å². The van der Waals surface area contributed by atoms with Crippen molar-refractivity contribution in [1.29, 1.82) is 0 Å². The molecule has 6 N–H and O–H groups in total. The number of nitrogens with one attached hydrogen (secondary N) is 1. The van der Waals surface area contributed by atoms with Crippen LogP contribution in [0.1, 0.15) is 25.8 Å². The summed E-state index contributed by atoms with van der Waals surface area (Å²) >= 11 is 0. The molecule has 0 fully saturated rings. The molecule has 2 atom stereocenters. The Morgan fingerprint density at radius 3 is 2.60 bits per heavy atom. The van der Waals surface area contributed by atoms with Crippen LogP contribution >= 0.6 is 0 Å². The van der Waals surface area contributed by atoms with Crippen molar-refractivity contribution >= 4 is 5.91 Å². The molecule has 1 aromatic rings. The van der Waals surface area contributed by atoms with Gasteiger partial charge in [-0.05, 0) is 37.5 Å². The fourth-order valence-electron chi connectivity index (χ4n) is 1.58. The standard InChI is InChI=1S/C14H22N2O4/c1-3-14(2,20)8-16-13(19)10(15)6-9-4-5-11(17)12(18)7-9/h4-5,7,10,17-18,20H,3,6,8,15H2,1-2H3,(H,16,19)/t10-,14?/m0/s1. The third-order valence-electron chi connectivity index (χ3n) is 3.24. The average Bonchev–Trinajstić information content (AvgIpc) is 2.40.